The molecule has 2 unspecified atom stereocenters. The van der Waals surface area contributed by atoms with Crippen LogP contribution in [0.4, 0.5) is 8.78 Å². The first kappa shape index (κ1) is 22.5. The van der Waals surface area contributed by atoms with Gasteiger partial charge in [-0.25, -0.2) is 0 Å². The number of primary amides is 1. The molecule has 0 radical (unpaired) electrons. The zero-order valence-corrected chi connectivity index (χ0v) is 18.6. The minimum Gasteiger partial charge on any atom is -0.434 e. The van der Waals surface area contributed by atoms with Crippen molar-refractivity contribution in [2.45, 2.75) is 57.4 Å². The van der Waals surface area contributed by atoms with Crippen LogP contribution >= 0.6 is 0 Å². The predicted octanol–water partition coefficient (Wildman–Crippen LogP) is 2.29. The summed E-state index contributed by atoms with van der Waals surface area (Å²) in [6.45, 7) is -1.12. The first-order valence-electron chi connectivity index (χ1n) is 11.8. The molecule has 1 heterocycles. The second-order valence-electron chi connectivity index (χ2n) is 10.2. The molecule has 4 saturated carbocycles. The Morgan fingerprint density at radius 3 is 2.64 bits per heavy atom. The number of hydrogen-bond acceptors (Lipinski definition) is 5. The van der Waals surface area contributed by atoms with Crippen LogP contribution in [0.1, 0.15) is 37.7 Å². The molecule has 1 aliphatic heterocycles. The summed E-state index contributed by atoms with van der Waals surface area (Å²) in [7, 11) is 0. The highest BCUT2D eigenvalue weighted by molar-refractivity contribution is 5.83. The van der Waals surface area contributed by atoms with Crippen LogP contribution in [-0.2, 0) is 20.9 Å². The number of hydrogen-bond donors (Lipinski definition) is 2. The lowest BCUT2D eigenvalue weighted by Gasteiger charge is -2.59. The molecule has 0 aromatic heterocycles. The Balaban J connectivity index is 1.21. The number of rotatable bonds is 7. The Bertz CT molecular complexity index is 897. The fourth-order valence-corrected chi connectivity index (χ4v) is 6.91. The summed E-state index contributed by atoms with van der Waals surface area (Å²) in [5.41, 5.74) is 6.03. The molecular weight excluding hydrogens is 432 g/mol. The highest BCUT2D eigenvalue weighted by Gasteiger charge is 2.58. The van der Waals surface area contributed by atoms with Crippen LogP contribution in [0.15, 0.2) is 24.3 Å². The smallest absolute Gasteiger partial charge is 0.387 e. The number of nitrogens with one attached hydrogen (secondary N) is 1. The van der Waals surface area contributed by atoms with E-state index in [1.165, 1.54) is 6.07 Å². The van der Waals surface area contributed by atoms with Crippen molar-refractivity contribution in [3.8, 4) is 5.75 Å². The van der Waals surface area contributed by atoms with Crippen LogP contribution in [0, 0.1) is 23.2 Å². The van der Waals surface area contributed by atoms with Gasteiger partial charge in [0.25, 0.3) is 5.91 Å². The molecule has 1 aromatic rings. The van der Waals surface area contributed by atoms with E-state index in [9.17, 15) is 18.4 Å². The zero-order valence-electron chi connectivity index (χ0n) is 18.6. The molecule has 3 atom stereocenters. The molecule has 5 fully saturated rings. The number of morpholine rings is 1. The number of nitrogens with two attached hydrogens (primary N) is 1. The number of ether oxygens (including phenoxy) is 2. The van der Waals surface area contributed by atoms with Gasteiger partial charge in [0.2, 0.25) is 5.91 Å². The monoisotopic (exact) mass is 463 g/mol. The second kappa shape index (κ2) is 8.83. The normalized spacial score (nSPS) is 35.5. The molecule has 0 spiro atoms. The largest absolute Gasteiger partial charge is 0.434 e. The molecule has 4 bridgehead atoms. The lowest BCUT2D eigenvalue weighted by atomic mass is 9.47. The summed E-state index contributed by atoms with van der Waals surface area (Å²) < 4.78 is 35.9. The van der Waals surface area contributed by atoms with E-state index in [2.05, 4.69) is 10.1 Å². The van der Waals surface area contributed by atoms with Crippen molar-refractivity contribution < 1.29 is 27.8 Å². The Labute approximate surface area is 192 Å². The molecule has 5 aliphatic rings. The number of halogens is 2. The summed E-state index contributed by atoms with van der Waals surface area (Å²) in [5.74, 6) is 0.921. The van der Waals surface area contributed by atoms with Crippen molar-refractivity contribution in [2.75, 3.05) is 19.7 Å². The van der Waals surface area contributed by atoms with Crippen molar-refractivity contribution in [2.24, 2.45) is 28.9 Å². The van der Waals surface area contributed by atoms with Gasteiger partial charge in [0.15, 0.2) is 0 Å². The van der Waals surface area contributed by atoms with E-state index in [0.29, 0.717) is 37.7 Å². The van der Waals surface area contributed by atoms with Crippen LogP contribution in [0.3, 0.4) is 0 Å². The van der Waals surface area contributed by atoms with E-state index >= 15 is 0 Å². The molecule has 180 valence electrons. The summed E-state index contributed by atoms with van der Waals surface area (Å²) in [6.07, 6.45) is 3.87. The Morgan fingerprint density at radius 1 is 1.21 bits per heavy atom. The molecule has 6 rings (SSSR count). The fourth-order valence-electron chi connectivity index (χ4n) is 6.91. The topological polar surface area (TPSA) is 93.9 Å². The fraction of sp³-hybridized carbons (Fsp3) is 0.667. The van der Waals surface area contributed by atoms with E-state index in [4.69, 9.17) is 10.5 Å². The van der Waals surface area contributed by atoms with E-state index in [1.54, 1.807) is 18.2 Å². The van der Waals surface area contributed by atoms with Gasteiger partial charge in [0.1, 0.15) is 11.9 Å². The number of nitrogens with zero attached hydrogens (tertiary/aromatic N) is 1. The standard InChI is InChI=1S/C24H31F2N3O4/c25-23(26)33-18-4-2-1-3-15(18)12-29-5-6-32-19(13-29)21(30)28-20-16-7-14-8-17(20)11-24(9-14,10-16)22(27)31/h1-4,14,16-17,19-20,23H,5-13H2,(H2,27,31)(H,28,30)/t14?,16?,17?,19-,20?,24?/m1/s1. The average Bonchev–Trinajstić information content (AvgIpc) is 2.77. The number of carbonyl (C=O) groups is 2. The van der Waals surface area contributed by atoms with Crippen molar-refractivity contribution in [3.63, 3.8) is 0 Å². The summed E-state index contributed by atoms with van der Waals surface area (Å²) in [4.78, 5) is 27.3. The van der Waals surface area contributed by atoms with Crippen LogP contribution in [0.25, 0.3) is 0 Å². The van der Waals surface area contributed by atoms with E-state index in [1.807, 2.05) is 4.90 Å². The van der Waals surface area contributed by atoms with Crippen LogP contribution < -0.4 is 15.8 Å². The van der Waals surface area contributed by atoms with Gasteiger partial charge in [-0.05, 0) is 55.9 Å². The van der Waals surface area contributed by atoms with Crippen molar-refractivity contribution >= 4 is 11.8 Å². The molecular formula is C24H31F2N3O4. The minimum atomic E-state index is -2.89. The molecule has 4 aliphatic carbocycles. The molecule has 3 N–H and O–H groups in total. The van der Waals surface area contributed by atoms with Gasteiger partial charge in [-0.15, -0.1) is 0 Å². The third-order valence-corrected chi connectivity index (χ3v) is 8.13. The van der Waals surface area contributed by atoms with Gasteiger partial charge in [-0.2, -0.15) is 8.78 Å². The van der Waals surface area contributed by atoms with E-state index in [0.717, 1.165) is 32.1 Å². The Hall–Kier alpha value is -2.26. The second-order valence-corrected chi connectivity index (χ2v) is 10.2. The third kappa shape index (κ3) is 4.45. The van der Waals surface area contributed by atoms with Crippen molar-refractivity contribution in [3.05, 3.63) is 29.8 Å². The maximum Gasteiger partial charge on any atom is 0.387 e. The first-order valence-corrected chi connectivity index (χ1v) is 11.8. The number of carbonyl (C=O) groups excluding carboxylic acids is 2. The van der Waals surface area contributed by atoms with Gasteiger partial charge in [0, 0.05) is 36.7 Å². The summed E-state index contributed by atoms with van der Waals surface area (Å²) in [5, 5.41) is 3.24. The molecule has 1 saturated heterocycles. The van der Waals surface area contributed by atoms with Gasteiger partial charge in [-0.3, -0.25) is 14.5 Å². The summed E-state index contributed by atoms with van der Waals surface area (Å²) in [6, 6.07) is 6.77. The molecule has 1 aromatic carbocycles. The SMILES string of the molecule is NC(=O)C12CC3CC(C1)C(NC(=O)[C@H]1CN(Cc4ccccc4OC(F)F)CCO1)C(C3)C2. The minimum absolute atomic E-state index is 0.0562. The van der Waals surface area contributed by atoms with Crippen LogP contribution in [0.5, 0.6) is 5.75 Å². The Kier molecular flexibility index (Phi) is 6.03. The molecule has 2 amide bonds. The van der Waals surface area contributed by atoms with Gasteiger partial charge >= 0.3 is 6.61 Å². The maximum atomic E-state index is 13.1. The highest BCUT2D eigenvalue weighted by atomic mass is 19.3. The lowest BCUT2D eigenvalue weighted by molar-refractivity contribution is -0.151. The maximum absolute atomic E-state index is 13.1. The number of alkyl halides is 2. The van der Waals surface area contributed by atoms with Crippen molar-refractivity contribution in [1.82, 2.24) is 10.2 Å². The third-order valence-electron chi connectivity index (χ3n) is 8.13. The molecule has 7 nitrogen and oxygen atoms in total. The number of para-hydroxylation sites is 1. The number of amides is 2. The number of benzene rings is 1. The van der Waals surface area contributed by atoms with E-state index < -0.39 is 12.7 Å². The van der Waals surface area contributed by atoms with Gasteiger partial charge < -0.3 is 20.5 Å². The lowest BCUT2D eigenvalue weighted by Crippen LogP contribution is -2.63. The quantitative estimate of drug-likeness (QED) is 0.647. The van der Waals surface area contributed by atoms with Crippen LogP contribution in [0.2, 0.25) is 0 Å². The van der Waals surface area contributed by atoms with Crippen LogP contribution in [-0.4, -0.2) is 55.2 Å². The predicted molar refractivity (Wildman–Crippen MR) is 115 cm³/mol. The molecule has 33 heavy (non-hydrogen) atoms. The molecule has 9 heteroatoms. The van der Waals surface area contributed by atoms with Gasteiger partial charge in [-0.1, -0.05) is 18.2 Å². The van der Waals surface area contributed by atoms with Gasteiger partial charge in [0.05, 0.1) is 6.61 Å². The zero-order chi connectivity index (χ0) is 23.2. The highest BCUT2D eigenvalue weighted by Crippen LogP contribution is 2.59. The van der Waals surface area contributed by atoms with Crippen molar-refractivity contribution in [1.29, 1.82) is 0 Å². The average molecular weight is 464 g/mol. The summed E-state index contributed by atoms with van der Waals surface area (Å²) >= 11 is 0. The van der Waals surface area contributed by atoms with E-state index in [-0.39, 0.29) is 40.9 Å². The Morgan fingerprint density at radius 2 is 1.94 bits per heavy atom. The first-order chi connectivity index (χ1) is 15.8.